The molecule has 0 bridgehead atoms. The zero-order chi connectivity index (χ0) is 18.1. The molecule has 0 aliphatic heterocycles. The van der Waals surface area contributed by atoms with Crippen molar-refractivity contribution in [2.24, 2.45) is 0 Å². The van der Waals surface area contributed by atoms with Crippen LogP contribution in [0.25, 0.3) is 6.08 Å². The standard InChI is InChI=1S/C20H17BrO4/c1-3-12-24-20(22)11-7-15-6-10-18(19(13-15)23-2)25-14-16-4-8-17(21)9-5-16/h1,4-11,13H,12,14H2,2H3/b11-7+. The first-order valence-corrected chi connectivity index (χ1v) is 8.25. The monoisotopic (exact) mass is 400 g/mol. The van der Waals surface area contributed by atoms with Crippen LogP contribution in [0.1, 0.15) is 11.1 Å². The van der Waals surface area contributed by atoms with E-state index in [0.29, 0.717) is 18.1 Å². The van der Waals surface area contributed by atoms with Crippen LogP contribution in [0.3, 0.4) is 0 Å². The first-order valence-electron chi connectivity index (χ1n) is 7.46. The lowest BCUT2D eigenvalue weighted by Gasteiger charge is -2.11. The van der Waals surface area contributed by atoms with Crippen LogP contribution < -0.4 is 9.47 Å². The van der Waals surface area contributed by atoms with E-state index in [1.807, 2.05) is 30.3 Å². The van der Waals surface area contributed by atoms with Gasteiger partial charge in [0.2, 0.25) is 0 Å². The fraction of sp³-hybridized carbons (Fsp3) is 0.150. The summed E-state index contributed by atoms with van der Waals surface area (Å²) in [5.74, 6) is 2.95. The predicted octanol–water partition coefficient (Wildman–Crippen LogP) is 4.23. The van der Waals surface area contributed by atoms with E-state index in [-0.39, 0.29) is 6.61 Å². The summed E-state index contributed by atoms with van der Waals surface area (Å²) in [5.41, 5.74) is 1.83. The fourth-order valence-corrected chi connectivity index (χ4v) is 2.24. The number of terminal acetylenes is 1. The molecule has 2 aromatic carbocycles. The molecular formula is C20H17BrO4. The zero-order valence-electron chi connectivity index (χ0n) is 13.7. The lowest BCUT2D eigenvalue weighted by Crippen LogP contribution is -2.00. The first kappa shape index (κ1) is 18.6. The Hall–Kier alpha value is -2.71. The molecule has 0 unspecified atom stereocenters. The summed E-state index contributed by atoms with van der Waals surface area (Å²) >= 11 is 3.40. The Kier molecular flexibility index (Phi) is 7.12. The highest BCUT2D eigenvalue weighted by Gasteiger charge is 2.06. The highest BCUT2D eigenvalue weighted by atomic mass is 79.9. The van der Waals surface area contributed by atoms with Gasteiger partial charge in [-0.05, 0) is 41.5 Å². The number of carbonyl (C=O) groups is 1. The SMILES string of the molecule is C#CCOC(=O)/C=C/c1ccc(OCc2ccc(Br)cc2)c(OC)c1. The predicted molar refractivity (Wildman–Crippen MR) is 100 cm³/mol. The van der Waals surface area contributed by atoms with Crippen molar-refractivity contribution in [2.45, 2.75) is 6.61 Å². The molecule has 0 aliphatic carbocycles. The minimum Gasteiger partial charge on any atom is -0.493 e. The van der Waals surface area contributed by atoms with Crippen molar-refractivity contribution in [3.63, 3.8) is 0 Å². The van der Waals surface area contributed by atoms with Gasteiger partial charge in [0.05, 0.1) is 7.11 Å². The van der Waals surface area contributed by atoms with Crippen molar-refractivity contribution in [1.82, 2.24) is 0 Å². The van der Waals surface area contributed by atoms with E-state index in [1.165, 1.54) is 6.08 Å². The minimum atomic E-state index is -0.493. The average molecular weight is 401 g/mol. The van der Waals surface area contributed by atoms with Crippen LogP contribution in [0.2, 0.25) is 0 Å². The van der Waals surface area contributed by atoms with Crippen molar-refractivity contribution in [2.75, 3.05) is 13.7 Å². The van der Waals surface area contributed by atoms with Gasteiger partial charge in [0.1, 0.15) is 6.61 Å². The Bertz CT molecular complexity index is 788. The van der Waals surface area contributed by atoms with E-state index in [4.69, 9.17) is 20.6 Å². The molecule has 0 amide bonds. The number of halogens is 1. The van der Waals surface area contributed by atoms with Crippen molar-refractivity contribution in [3.05, 3.63) is 64.1 Å². The molecule has 128 valence electrons. The lowest BCUT2D eigenvalue weighted by atomic mass is 10.2. The van der Waals surface area contributed by atoms with E-state index >= 15 is 0 Å². The maximum atomic E-state index is 11.4. The second kappa shape index (κ2) is 9.55. The van der Waals surface area contributed by atoms with E-state index in [9.17, 15) is 4.79 Å². The Balaban J connectivity index is 2.03. The molecule has 0 heterocycles. The van der Waals surface area contributed by atoms with E-state index in [1.54, 1.807) is 25.3 Å². The number of hydrogen-bond acceptors (Lipinski definition) is 4. The Morgan fingerprint density at radius 1 is 1.20 bits per heavy atom. The maximum absolute atomic E-state index is 11.4. The van der Waals surface area contributed by atoms with Gasteiger partial charge in [-0.1, -0.05) is 40.0 Å². The Morgan fingerprint density at radius 3 is 2.64 bits per heavy atom. The number of esters is 1. The van der Waals surface area contributed by atoms with Crippen molar-refractivity contribution in [3.8, 4) is 23.8 Å². The third-order valence-electron chi connectivity index (χ3n) is 3.20. The number of benzene rings is 2. The first-order chi connectivity index (χ1) is 12.1. The summed E-state index contributed by atoms with van der Waals surface area (Å²) in [4.78, 5) is 11.4. The molecule has 4 nitrogen and oxygen atoms in total. The van der Waals surface area contributed by atoms with Crippen LogP contribution in [-0.2, 0) is 16.1 Å². The molecule has 2 rings (SSSR count). The Labute approximate surface area is 155 Å². The van der Waals surface area contributed by atoms with Gasteiger partial charge in [-0.15, -0.1) is 6.42 Å². The molecular weight excluding hydrogens is 384 g/mol. The topological polar surface area (TPSA) is 44.8 Å². The maximum Gasteiger partial charge on any atom is 0.331 e. The van der Waals surface area contributed by atoms with Gasteiger partial charge in [-0.2, -0.15) is 0 Å². The number of hydrogen-bond donors (Lipinski definition) is 0. The highest BCUT2D eigenvalue weighted by molar-refractivity contribution is 9.10. The van der Waals surface area contributed by atoms with Crippen LogP contribution in [0.4, 0.5) is 0 Å². The number of rotatable bonds is 7. The smallest absolute Gasteiger partial charge is 0.331 e. The van der Waals surface area contributed by atoms with Gasteiger partial charge in [-0.3, -0.25) is 0 Å². The number of methoxy groups -OCH3 is 1. The van der Waals surface area contributed by atoms with Crippen LogP contribution in [0.5, 0.6) is 11.5 Å². The fourth-order valence-electron chi connectivity index (χ4n) is 1.97. The Morgan fingerprint density at radius 2 is 1.96 bits per heavy atom. The molecule has 25 heavy (non-hydrogen) atoms. The molecule has 0 radical (unpaired) electrons. The lowest BCUT2D eigenvalue weighted by molar-refractivity contribution is -0.136. The van der Waals surface area contributed by atoms with Crippen molar-refractivity contribution in [1.29, 1.82) is 0 Å². The van der Waals surface area contributed by atoms with Gasteiger partial charge in [0, 0.05) is 10.5 Å². The summed E-state index contributed by atoms with van der Waals surface area (Å²) in [6, 6.07) is 13.3. The molecule has 5 heteroatoms. The van der Waals surface area contributed by atoms with Gasteiger partial charge < -0.3 is 14.2 Å². The summed E-state index contributed by atoms with van der Waals surface area (Å²) < 4.78 is 17.0. The quantitative estimate of drug-likeness (QED) is 0.396. The average Bonchev–Trinajstić information content (AvgIpc) is 2.64. The molecule has 0 N–H and O–H groups in total. The van der Waals surface area contributed by atoms with Gasteiger partial charge in [0.15, 0.2) is 18.1 Å². The van der Waals surface area contributed by atoms with E-state index < -0.39 is 5.97 Å². The summed E-state index contributed by atoms with van der Waals surface area (Å²) in [5, 5.41) is 0. The van der Waals surface area contributed by atoms with Crippen LogP contribution in [0, 0.1) is 12.3 Å². The molecule has 0 spiro atoms. The third kappa shape index (κ3) is 6.02. The van der Waals surface area contributed by atoms with E-state index in [0.717, 1.165) is 15.6 Å². The third-order valence-corrected chi connectivity index (χ3v) is 3.73. The van der Waals surface area contributed by atoms with Crippen LogP contribution in [0.15, 0.2) is 53.0 Å². The normalized spacial score (nSPS) is 10.3. The molecule has 0 saturated carbocycles. The second-order valence-corrected chi connectivity index (χ2v) is 5.89. The summed E-state index contributed by atoms with van der Waals surface area (Å²) in [6.07, 6.45) is 7.97. The van der Waals surface area contributed by atoms with Gasteiger partial charge in [0.25, 0.3) is 0 Å². The summed E-state index contributed by atoms with van der Waals surface area (Å²) in [6.45, 7) is 0.382. The molecule has 0 atom stereocenters. The van der Waals surface area contributed by atoms with E-state index in [2.05, 4.69) is 21.9 Å². The number of carbonyl (C=O) groups excluding carboxylic acids is 1. The largest absolute Gasteiger partial charge is 0.493 e. The highest BCUT2D eigenvalue weighted by Crippen LogP contribution is 2.29. The minimum absolute atomic E-state index is 0.0463. The van der Waals surface area contributed by atoms with Crippen molar-refractivity contribution < 1.29 is 19.0 Å². The summed E-state index contributed by atoms with van der Waals surface area (Å²) in [7, 11) is 1.57. The molecule has 0 fully saturated rings. The van der Waals surface area contributed by atoms with Crippen LogP contribution >= 0.6 is 15.9 Å². The molecule has 0 saturated heterocycles. The second-order valence-electron chi connectivity index (χ2n) is 4.97. The molecule has 0 aliphatic rings. The molecule has 2 aromatic rings. The van der Waals surface area contributed by atoms with Crippen LogP contribution in [-0.4, -0.2) is 19.7 Å². The van der Waals surface area contributed by atoms with Gasteiger partial charge in [-0.25, -0.2) is 4.79 Å². The number of ether oxygens (including phenoxy) is 3. The molecule has 0 aromatic heterocycles. The van der Waals surface area contributed by atoms with Gasteiger partial charge >= 0.3 is 5.97 Å². The zero-order valence-corrected chi connectivity index (χ0v) is 15.3. The van der Waals surface area contributed by atoms with Crippen molar-refractivity contribution >= 4 is 28.0 Å².